The Labute approximate surface area is 118 Å². The molecule has 0 heterocycles. The fourth-order valence-electron chi connectivity index (χ4n) is 1.61. The summed E-state index contributed by atoms with van der Waals surface area (Å²) in [5.74, 6) is -4.37. The number of amides is 1. The first kappa shape index (κ1) is 19.1. The van der Waals surface area contributed by atoms with Crippen LogP contribution >= 0.6 is 7.37 Å². The molecule has 0 saturated carbocycles. The Morgan fingerprint density at radius 3 is 2.10 bits per heavy atom. The summed E-state index contributed by atoms with van der Waals surface area (Å²) >= 11 is 0. The molecule has 0 bridgehead atoms. The second-order valence-corrected chi connectivity index (χ2v) is 8.05. The molecular weight excluding hydrogens is 285 g/mol. The normalized spacial score (nSPS) is 18.9. The standard InChI is InChI=1S/C11H24N3O5P/c1-6(2)4-8(13)11(17)14-9(5-10(15)16)20(18,19)7(3)12/h6-9H,4-5,12-13H2,1-3H3,(H,14,17)(H,15,16)(H,18,19)/t7?,8-,9?/m0/s1. The summed E-state index contributed by atoms with van der Waals surface area (Å²) in [4.78, 5) is 32.4. The van der Waals surface area contributed by atoms with Crippen LogP contribution in [0.3, 0.4) is 0 Å². The number of nitrogens with two attached hydrogens (primary N) is 2. The topological polar surface area (TPSA) is 156 Å². The van der Waals surface area contributed by atoms with Gasteiger partial charge in [0.1, 0.15) is 5.78 Å². The molecule has 118 valence electrons. The van der Waals surface area contributed by atoms with Gasteiger partial charge in [-0.05, 0) is 19.3 Å². The van der Waals surface area contributed by atoms with Crippen molar-refractivity contribution < 1.29 is 24.2 Å². The Morgan fingerprint density at radius 2 is 1.75 bits per heavy atom. The molecule has 1 amide bonds. The maximum atomic E-state index is 12.0. The van der Waals surface area contributed by atoms with Crippen LogP contribution in [0.1, 0.15) is 33.6 Å². The van der Waals surface area contributed by atoms with Gasteiger partial charge < -0.3 is 26.8 Å². The van der Waals surface area contributed by atoms with Crippen molar-refractivity contribution in [1.29, 1.82) is 0 Å². The Kier molecular flexibility index (Phi) is 7.37. The van der Waals surface area contributed by atoms with Gasteiger partial charge >= 0.3 is 5.97 Å². The van der Waals surface area contributed by atoms with E-state index in [1.807, 2.05) is 13.8 Å². The van der Waals surface area contributed by atoms with Gasteiger partial charge in [-0.2, -0.15) is 0 Å². The van der Waals surface area contributed by atoms with E-state index in [0.29, 0.717) is 6.42 Å². The highest BCUT2D eigenvalue weighted by molar-refractivity contribution is 7.59. The molecule has 20 heavy (non-hydrogen) atoms. The zero-order valence-corrected chi connectivity index (χ0v) is 12.8. The summed E-state index contributed by atoms with van der Waals surface area (Å²) in [6.45, 7) is 5.04. The SMILES string of the molecule is CC(C)C[C@H](N)C(=O)NC(CC(=O)O)P(=O)(O)C(C)N. The van der Waals surface area contributed by atoms with Gasteiger partial charge in [-0.15, -0.1) is 0 Å². The Morgan fingerprint density at radius 1 is 1.25 bits per heavy atom. The molecule has 0 saturated heterocycles. The van der Waals surface area contributed by atoms with E-state index in [4.69, 9.17) is 16.6 Å². The van der Waals surface area contributed by atoms with Crippen molar-refractivity contribution in [2.75, 3.05) is 0 Å². The number of nitrogens with one attached hydrogen (secondary N) is 1. The number of carbonyl (C=O) groups is 2. The number of rotatable bonds is 8. The first-order valence-corrected chi connectivity index (χ1v) is 8.13. The molecule has 0 aromatic rings. The molecule has 0 fully saturated rings. The Hall–Kier alpha value is -0.950. The first-order valence-electron chi connectivity index (χ1n) is 6.34. The van der Waals surface area contributed by atoms with Crippen molar-refractivity contribution in [3.8, 4) is 0 Å². The van der Waals surface area contributed by atoms with E-state index in [1.165, 1.54) is 6.92 Å². The summed E-state index contributed by atoms with van der Waals surface area (Å²) < 4.78 is 12.0. The first-order chi connectivity index (χ1) is 8.98. The van der Waals surface area contributed by atoms with Crippen LogP contribution in [0.2, 0.25) is 0 Å². The van der Waals surface area contributed by atoms with Crippen molar-refractivity contribution in [1.82, 2.24) is 5.32 Å². The predicted molar refractivity (Wildman–Crippen MR) is 75.1 cm³/mol. The summed E-state index contributed by atoms with van der Waals surface area (Å²) in [6.07, 6.45) is -0.297. The minimum absolute atomic E-state index is 0.169. The molecule has 0 aliphatic carbocycles. The third-order valence-electron chi connectivity index (χ3n) is 2.77. The molecule has 0 spiro atoms. The molecule has 0 radical (unpaired) electrons. The molecule has 7 N–H and O–H groups in total. The number of carboxylic acids is 1. The maximum absolute atomic E-state index is 12.0. The zero-order chi connectivity index (χ0) is 16.1. The molecule has 0 aliphatic heterocycles. The van der Waals surface area contributed by atoms with Gasteiger partial charge in [-0.1, -0.05) is 13.8 Å². The van der Waals surface area contributed by atoms with E-state index >= 15 is 0 Å². The van der Waals surface area contributed by atoms with E-state index in [0.717, 1.165) is 0 Å². The maximum Gasteiger partial charge on any atom is 0.306 e. The van der Waals surface area contributed by atoms with Crippen molar-refractivity contribution in [3.63, 3.8) is 0 Å². The lowest BCUT2D eigenvalue weighted by Crippen LogP contribution is -2.47. The molecule has 0 rings (SSSR count). The van der Waals surface area contributed by atoms with Crippen molar-refractivity contribution in [2.24, 2.45) is 17.4 Å². The van der Waals surface area contributed by atoms with Crippen LogP contribution in [-0.2, 0) is 14.2 Å². The van der Waals surface area contributed by atoms with Gasteiger partial charge in [0, 0.05) is 0 Å². The quantitative estimate of drug-likeness (QED) is 0.390. The largest absolute Gasteiger partial charge is 0.481 e. The van der Waals surface area contributed by atoms with Gasteiger partial charge in [0.2, 0.25) is 13.3 Å². The smallest absolute Gasteiger partial charge is 0.306 e. The van der Waals surface area contributed by atoms with Crippen molar-refractivity contribution >= 4 is 19.2 Å². The highest BCUT2D eigenvalue weighted by atomic mass is 31.2. The van der Waals surface area contributed by atoms with E-state index < -0.39 is 43.3 Å². The molecule has 4 atom stereocenters. The fourth-order valence-corrected chi connectivity index (χ4v) is 2.91. The van der Waals surface area contributed by atoms with E-state index in [-0.39, 0.29) is 5.92 Å². The lowest BCUT2D eigenvalue weighted by atomic mass is 10.0. The Bertz CT molecular complexity index is 400. The molecule has 9 heteroatoms. The van der Waals surface area contributed by atoms with Gasteiger partial charge in [-0.3, -0.25) is 14.2 Å². The lowest BCUT2D eigenvalue weighted by Gasteiger charge is -2.27. The van der Waals surface area contributed by atoms with Crippen LogP contribution in [0.25, 0.3) is 0 Å². The minimum Gasteiger partial charge on any atom is -0.481 e. The molecule has 0 aromatic heterocycles. The second-order valence-electron chi connectivity index (χ2n) is 5.27. The molecule has 8 nitrogen and oxygen atoms in total. The predicted octanol–water partition coefficient (Wildman–Crippen LogP) is -0.148. The number of aliphatic carboxylic acids is 1. The van der Waals surface area contributed by atoms with Gasteiger partial charge in [0.05, 0.1) is 18.2 Å². The molecule has 0 aliphatic rings. The van der Waals surface area contributed by atoms with Crippen LogP contribution in [-0.4, -0.2) is 39.5 Å². The average Bonchev–Trinajstić information content (AvgIpc) is 2.25. The van der Waals surface area contributed by atoms with E-state index in [2.05, 4.69) is 5.32 Å². The summed E-state index contributed by atoms with van der Waals surface area (Å²) in [6, 6.07) is -0.862. The van der Waals surface area contributed by atoms with Crippen LogP contribution in [0.15, 0.2) is 0 Å². The monoisotopic (exact) mass is 309 g/mol. The van der Waals surface area contributed by atoms with E-state index in [1.54, 1.807) is 0 Å². The number of hydrogen-bond donors (Lipinski definition) is 5. The summed E-state index contributed by atoms with van der Waals surface area (Å²) in [5.41, 5.74) is 11.0. The number of hydrogen-bond acceptors (Lipinski definition) is 5. The van der Waals surface area contributed by atoms with Crippen LogP contribution in [0.4, 0.5) is 0 Å². The minimum atomic E-state index is -4.05. The van der Waals surface area contributed by atoms with Crippen LogP contribution < -0.4 is 16.8 Å². The zero-order valence-electron chi connectivity index (χ0n) is 11.9. The molecule has 0 aromatic carbocycles. The van der Waals surface area contributed by atoms with E-state index in [9.17, 15) is 19.0 Å². The van der Waals surface area contributed by atoms with Crippen molar-refractivity contribution in [3.05, 3.63) is 0 Å². The van der Waals surface area contributed by atoms with Gasteiger partial charge in [0.25, 0.3) is 0 Å². The van der Waals surface area contributed by atoms with Crippen LogP contribution in [0, 0.1) is 5.92 Å². The lowest BCUT2D eigenvalue weighted by molar-refractivity contribution is -0.137. The number of carboxylic acid groups (broad SMARTS) is 1. The third-order valence-corrected chi connectivity index (χ3v) is 5.14. The highest BCUT2D eigenvalue weighted by Crippen LogP contribution is 2.49. The highest BCUT2D eigenvalue weighted by Gasteiger charge is 2.38. The second kappa shape index (κ2) is 7.73. The average molecular weight is 309 g/mol. The molecular formula is C11H24N3O5P. The molecule has 3 unspecified atom stereocenters. The Balaban J connectivity index is 4.96. The van der Waals surface area contributed by atoms with Crippen LogP contribution in [0.5, 0.6) is 0 Å². The van der Waals surface area contributed by atoms with Crippen molar-refractivity contribution in [2.45, 2.75) is 51.2 Å². The van der Waals surface area contributed by atoms with Gasteiger partial charge in [0.15, 0.2) is 0 Å². The summed E-state index contributed by atoms with van der Waals surface area (Å²) in [5, 5.41) is 11.0. The number of carbonyl (C=O) groups excluding carboxylic acids is 1. The van der Waals surface area contributed by atoms with Gasteiger partial charge in [-0.25, -0.2) is 0 Å². The third kappa shape index (κ3) is 6.00. The summed E-state index contributed by atoms with van der Waals surface area (Å²) in [7, 11) is -4.05. The fraction of sp³-hybridized carbons (Fsp3) is 0.818.